The van der Waals surface area contributed by atoms with Crippen LogP contribution in [-0.2, 0) is 9.53 Å². The van der Waals surface area contributed by atoms with Gasteiger partial charge in [-0.15, -0.1) is 0 Å². The van der Waals surface area contributed by atoms with Gasteiger partial charge in [0.25, 0.3) is 0 Å². The highest BCUT2D eigenvalue weighted by Gasteiger charge is 2.37. The van der Waals surface area contributed by atoms with Gasteiger partial charge < -0.3 is 15.8 Å². The van der Waals surface area contributed by atoms with E-state index in [4.69, 9.17) is 10.5 Å². The molecule has 0 spiro atoms. The highest BCUT2D eigenvalue weighted by atomic mass is 79.9. The number of halogens is 1. The van der Waals surface area contributed by atoms with Gasteiger partial charge in [0, 0.05) is 17.6 Å². The van der Waals surface area contributed by atoms with Crippen LogP contribution in [0.4, 0.5) is 0 Å². The van der Waals surface area contributed by atoms with Gasteiger partial charge in [-0.2, -0.15) is 0 Å². The van der Waals surface area contributed by atoms with E-state index in [1.807, 2.05) is 0 Å². The first-order valence-corrected chi connectivity index (χ1v) is 4.82. The van der Waals surface area contributed by atoms with Crippen LogP contribution in [0.2, 0.25) is 0 Å². The van der Waals surface area contributed by atoms with Gasteiger partial charge in [0.2, 0.25) is 5.91 Å². The molecule has 1 aliphatic heterocycles. The molecule has 1 rings (SSSR count). The molecule has 74 valence electrons. The number of carbonyl (C=O) groups excluding carboxylic acids is 1. The fourth-order valence-corrected chi connectivity index (χ4v) is 1.25. The molecule has 1 atom stereocenters. The van der Waals surface area contributed by atoms with Crippen molar-refractivity contribution in [1.82, 2.24) is 5.32 Å². The Morgan fingerprint density at radius 3 is 2.92 bits per heavy atom. The van der Waals surface area contributed by atoms with Gasteiger partial charge in [-0.1, -0.05) is 22.5 Å². The molecule has 0 saturated carbocycles. The summed E-state index contributed by atoms with van der Waals surface area (Å²) in [5.74, 6) is -0.175. The number of carbonyl (C=O) groups is 1. The first-order valence-electron chi connectivity index (χ1n) is 4.03. The fraction of sp³-hybridized carbons (Fsp3) is 0.625. The maximum absolute atomic E-state index is 11.5. The molecule has 1 heterocycles. The predicted molar refractivity (Wildman–Crippen MR) is 53.4 cm³/mol. The molecular weight excluding hydrogens is 236 g/mol. The molecule has 13 heavy (non-hydrogen) atoms. The van der Waals surface area contributed by atoms with E-state index in [9.17, 15) is 4.79 Å². The predicted octanol–water partition coefficient (Wildman–Crippen LogP) is 0.129. The zero-order chi connectivity index (χ0) is 9.90. The molecule has 0 aromatic heterocycles. The Labute approximate surface area is 85.6 Å². The third-order valence-corrected chi connectivity index (χ3v) is 2.23. The normalized spacial score (nSPS) is 27.2. The zero-order valence-electron chi connectivity index (χ0n) is 7.31. The second-order valence-corrected chi connectivity index (χ2v) is 4.28. The van der Waals surface area contributed by atoms with Crippen LogP contribution in [0.15, 0.2) is 11.1 Å². The zero-order valence-corrected chi connectivity index (χ0v) is 8.89. The lowest BCUT2D eigenvalue weighted by atomic mass is 9.99. The highest BCUT2D eigenvalue weighted by molar-refractivity contribution is 9.11. The molecule has 3 N–H and O–H groups in total. The van der Waals surface area contributed by atoms with E-state index in [2.05, 4.69) is 27.8 Å². The maximum Gasteiger partial charge on any atom is 0.242 e. The Balaban J connectivity index is 2.42. The van der Waals surface area contributed by atoms with E-state index < -0.39 is 5.54 Å². The van der Waals surface area contributed by atoms with Crippen molar-refractivity contribution in [2.45, 2.75) is 12.0 Å². The van der Waals surface area contributed by atoms with Crippen LogP contribution in [0.25, 0.3) is 0 Å². The molecule has 0 aliphatic carbocycles. The standard InChI is InChI=1S/C8H13BrN2O2/c1-6(9)4-11-7(12)8(10)2-3-13-5-8/h1-5,10H2,(H,11,12). The molecule has 0 bridgehead atoms. The van der Waals surface area contributed by atoms with E-state index in [-0.39, 0.29) is 5.91 Å². The Morgan fingerprint density at radius 2 is 2.46 bits per heavy atom. The number of ether oxygens (including phenoxy) is 1. The second-order valence-electron chi connectivity index (χ2n) is 3.16. The number of rotatable bonds is 3. The number of hydrogen-bond acceptors (Lipinski definition) is 3. The van der Waals surface area contributed by atoms with E-state index >= 15 is 0 Å². The van der Waals surface area contributed by atoms with Crippen LogP contribution in [0.5, 0.6) is 0 Å². The van der Waals surface area contributed by atoms with Crippen molar-refractivity contribution >= 4 is 21.8 Å². The first kappa shape index (κ1) is 10.7. The fourth-order valence-electron chi connectivity index (χ4n) is 1.11. The summed E-state index contributed by atoms with van der Waals surface area (Å²) >= 11 is 3.15. The van der Waals surface area contributed by atoms with Gasteiger partial charge in [-0.3, -0.25) is 4.79 Å². The molecule has 0 radical (unpaired) electrons. The summed E-state index contributed by atoms with van der Waals surface area (Å²) in [4.78, 5) is 11.5. The smallest absolute Gasteiger partial charge is 0.242 e. The number of nitrogens with one attached hydrogen (secondary N) is 1. The largest absolute Gasteiger partial charge is 0.379 e. The van der Waals surface area contributed by atoms with Gasteiger partial charge >= 0.3 is 0 Å². The van der Waals surface area contributed by atoms with Gasteiger partial charge in [-0.25, -0.2) is 0 Å². The lowest BCUT2D eigenvalue weighted by molar-refractivity contribution is -0.126. The van der Waals surface area contributed by atoms with Crippen molar-refractivity contribution in [2.75, 3.05) is 19.8 Å². The number of amides is 1. The van der Waals surface area contributed by atoms with Crippen LogP contribution in [0.3, 0.4) is 0 Å². The minimum Gasteiger partial charge on any atom is -0.379 e. The molecule has 4 nitrogen and oxygen atoms in total. The second kappa shape index (κ2) is 4.21. The summed E-state index contributed by atoms with van der Waals surface area (Å²) in [6.07, 6.45) is 0.577. The highest BCUT2D eigenvalue weighted by Crippen LogP contribution is 2.15. The van der Waals surface area contributed by atoms with E-state index in [0.29, 0.717) is 26.2 Å². The van der Waals surface area contributed by atoms with Crippen molar-refractivity contribution in [3.05, 3.63) is 11.1 Å². The monoisotopic (exact) mass is 248 g/mol. The summed E-state index contributed by atoms with van der Waals surface area (Å²) in [6.45, 7) is 4.86. The molecule has 1 aliphatic rings. The summed E-state index contributed by atoms with van der Waals surface area (Å²) in [5.41, 5.74) is 4.96. The lowest BCUT2D eigenvalue weighted by Crippen LogP contribution is -2.54. The SMILES string of the molecule is C=C(Br)CNC(=O)C1(N)CCOC1. The van der Waals surface area contributed by atoms with E-state index in [0.717, 1.165) is 4.48 Å². The topological polar surface area (TPSA) is 64.4 Å². The molecular formula is C8H13BrN2O2. The third kappa shape index (κ3) is 2.79. The van der Waals surface area contributed by atoms with Crippen molar-refractivity contribution in [3.8, 4) is 0 Å². The third-order valence-electron chi connectivity index (χ3n) is 1.95. The Hall–Kier alpha value is -0.390. The molecule has 1 fully saturated rings. The van der Waals surface area contributed by atoms with Crippen LogP contribution in [0.1, 0.15) is 6.42 Å². The van der Waals surface area contributed by atoms with Gasteiger partial charge in [0.05, 0.1) is 6.61 Å². The van der Waals surface area contributed by atoms with Crippen LogP contribution in [-0.4, -0.2) is 31.2 Å². The summed E-state index contributed by atoms with van der Waals surface area (Å²) in [6, 6.07) is 0. The molecule has 0 aromatic carbocycles. The molecule has 1 unspecified atom stereocenters. The number of nitrogens with two attached hydrogens (primary N) is 1. The van der Waals surface area contributed by atoms with Crippen LogP contribution >= 0.6 is 15.9 Å². The summed E-state index contributed by atoms with van der Waals surface area (Å²) in [5, 5.41) is 2.67. The van der Waals surface area contributed by atoms with Gasteiger partial charge in [-0.05, 0) is 6.42 Å². The molecule has 1 amide bonds. The average Bonchev–Trinajstić information content (AvgIpc) is 2.49. The number of hydrogen-bond donors (Lipinski definition) is 2. The molecule has 0 aromatic rings. The van der Waals surface area contributed by atoms with Crippen LogP contribution in [0, 0.1) is 0 Å². The van der Waals surface area contributed by atoms with Crippen molar-refractivity contribution < 1.29 is 9.53 Å². The Kier molecular flexibility index (Phi) is 3.47. The quantitative estimate of drug-likeness (QED) is 0.747. The minimum atomic E-state index is -0.845. The van der Waals surface area contributed by atoms with Crippen molar-refractivity contribution in [3.63, 3.8) is 0 Å². The first-order chi connectivity index (χ1) is 6.04. The van der Waals surface area contributed by atoms with Crippen molar-refractivity contribution in [2.24, 2.45) is 5.73 Å². The van der Waals surface area contributed by atoms with Gasteiger partial charge in [0.15, 0.2) is 0 Å². The van der Waals surface area contributed by atoms with Gasteiger partial charge in [0.1, 0.15) is 5.54 Å². The molecule has 5 heteroatoms. The molecule has 1 saturated heterocycles. The van der Waals surface area contributed by atoms with E-state index in [1.165, 1.54) is 0 Å². The lowest BCUT2D eigenvalue weighted by Gasteiger charge is -2.20. The summed E-state index contributed by atoms with van der Waals surface area (Å²) in [7, 11) is 0. The minimum absolute atomic E-state index is 0.175. The van der Waals surface area contributed by atoms with Crippen molar-refractivity contribution in [1.29, 1.82) is 0 Å². The average molecular weight is 249 g/mol. The Bertz CT molecular complexity index is 224. The Morgan fingerprint density at radius 1 is 1.77 bits per heavy atom. The maximum atomic E-state index is 11.5. The van der Waals surface area contributed by atoms with Crippen LogP contribution < -0.4 is 11.1 Å². The summed E-state index contributed by atoms with van der Waals surface area (Å²) < 4.78 is 5.79. The van der Waals surface area contributed by atoms with E-state index in [1.54, 1.807) is 0 Å².